The Balaban J connectivity index is 2.17. The molecule has 2 unspecified atom stereocenters. The summed E-state index contributed by atoms with van der Waals surface area (Å²) < 4.78 is 0. The highest BCUT2D eigenvalue weighted by Crippen LogP contribution is 2.28. The van der Waals surface area contributed by atoms with Gasteiger partial charge in [0.05, 0.1) is 5.54 Å². The lowest BCUT2D eigenvalue weighted by Crippen LogP contribution is -2.62. The molecule has 1 heterocycles. The average Bonchev–Trinajstić information content (AvgIpc) is 2.46. The Morgan fingerprint density at radius 3 is 2.70 bits per heavy atom. The summed E-state index contributed by atoms with van der Waals surface area (Å²) in [6, 6.07) is 11.3. The van der Waals surface area contributed by atoms with Crippen molar-refractivity contribution in [3.63, 3.8) is 0 Å². The fourth-order valence-electron chi connectivity index (χ4n) is 3.15. The Hall–Kier alpha value is -1.30. The van der Waals surface area contributed by atoms with Crippen LogP contribution in [-0.2, 0) is 5.54 Å². The summed E-state index contributed by atoms with van der Waals surface area (Å²) in [7, 11) is 0. The molecule has 108 valence electrons. The van der Waals surface area contributed by atoms with E-state index < -0.39 is 0 Å². The first-order valence-electron chi connectivity index (χ1n) is 7.55. The van der Waals surface area contributed by atoms with Gasteiger partial charge in [-0.15, -0.1) is 12.3 Å². The van der Waals surface area contributed by atoms with Crippen LogP contribution in [0.2, 0.25) is 0 Å². The normalized spacial score (nSPS) is 27.4. The fraction of sp³-hybridized carbons (Fsp3) is 0.556. The predicted molar refractivity (Wildman–Crippen MR) is 85.4 cm³/mol. The van der Waals surface area contributed by atoms with Gasteiger partial charge in [0.2, 0.25) is 0 Å². The lowest BCUT2D eigenvalue weighted by molar-refractivity contribution is 0.0629. The molecular weight excluding hydrogens is 244 g/mol. The molecule has 0 aliphatic carbocycles. The molecule has 20 heavy (non-hydrogen) atoms. The molecule has 1 saturated heterocycles. The van der Waals surface area contributed by atoms with E-state index in [-0.39, 0.29) is 5.54 Å². The molecule has 2 atom stereocenters. The summed E-state index contributed by atoms with van der Waals surface area (Å²) in [5.74, 6) is 3.42. The van der Waals surface area contributed by atoms with Crippen molar-refractivity contribution in [2.24, 2.45) is 5.92 Å². The average molecular weight is 270 g/mol. The molecule has 2 heteroatoms. The summed E-state index contributed by atoms with van der Waals surface area (Å²) in [6.45, 7) is 9.90. The second-order valence-electron chi connectivity index (χ2n) is 6.31. The Bertz CT molecular complexity index is 460. The summed E-state index contributed by atoms with van der Waals surface area (Å²) in [5, 5.41) is 3.76. The van der Waals surface area contributed by atoms with E-state index >= 15 is 0 Å². The Labute approximate surface area is 123 Å². The van der Waals surface area contributed by atoms with E-state index in [0.717, 1.165) is 26.1 Å². The number of hydrogen-bond acceptors (Lipinski definition) is 2. The largest absolute Gasteiger partial charge is 0.305 e. The zero-order valence-electron chi connectivity index (χ0n) is 12.9. The summed E-state index contributed by atoms with van der Waals surface area (Å²) in [6.07, 6.45) is 6.28. The first-order valence-corrected chi connectivity index (χ1v) is 7.55. The number of nitrogens with one attached hydrogen (secondary N) is 1. The van der Waals surface area contributed by atoms with Crippen molar-refractivity contribution < 1.29 is 0 Å². The highest BCUT2D eigenvalue weighted by molar-refractivity contribution is 5.25. The standard InChI is InChI=1S/C18H26N2/c1-5-6-12-20-14-18(4,16-10-8-7-9-11-16)19-13-17(20)15(2)3/h1,7-11,15,17,19H,6,12-14H2,2-4H3. The number of terminal acetylenes is 1. The highest BCUT2D eigenvalue weighted by atomic mass is 15.3. The van der Waals surface area contributed by atoms with Gasteiger partial charge >= 0.3 is 0 Å². The molecule has 1 N–H and O–H groups in total. The highest BCUT2D eigenvalue weighted by Gasteiger charge is 2.37. The van der Waals surface area contributed by atoms with Crippen LogP contribution in [0, 0.1) is 18.3 Å². The number of rotatable bonds is 4. The number of benzene rings is 1. The van der Waals surface area contributed by atoms with Gasteiger partial charge in [-0.05, 0) is 18.4 Å². The van der Waals surface area contributed by atoms with E-state index in [2.05, 4.69) is 67.2 Å². The van der Waals surface area contributed by atoms with E-state index in [1.165, 1.54) is 5.56 Å². The van der Waals surface area contributed by atoms with E-state index in [4.69, 9.17) is 6.42 Å². The van der Waals surface area contributed by atoms with Crippen molar-refractivity contribution in [3.05, 3.63) is 35.9 Å². The van der Waals surface area contributed by atoms with Gasteiger partial charge in [0.15, 0.2) is 0 Å². The number of hydrogen-bond donors (Lipinski definition) is 1. The van der Waals surface area contributed by atoms with Crippen LogP contribution < -0.4 is 5.32 Å². The molecule has 0 saturated carbocycles. The Kier molecular flexibility index (Phi) is 4.86. The lowest BCUT2D eigenvalue weighted by atomic mass is 9.86. The van der Waals surface area contributed by atoms with Crippen LogP contribution in [0.25, 0.3) is 0 Å². The predicted octanol–water partition coefficient (Wildman–Crippen LogP) is 2.85. The zero-order valence-corrected chi connectivity index (χ0v) is 12.9. The van der Waals surface area contributed by atoms with Crippen LogP contribution in [0.4, 0.5) is 0 Å². The SMILES string of the molecule is C#CCCN1CC(C)(c2ccccc2)NCC1C(C)C. The van der Waals surface area contributed by atoms with Crippen molar-refractivity contribution >= 4 is 0 Å². The second-order valence-corrected chi connectivity index (χ2v) is 6.31. The van der Waals surface area contributed by atoms with Crippen LogP contribution in [0.15, 0.2) is 30.3 Å². The van der Waals surface area contributed by atoms with E-state index in [0.29, 0.717) is 12.0 Å². The molecule has 1 fully saturated rings. The summed E-state index contributed by atoms with van der Waals surface area (Å²) in [5.41, 5.74) is 1.37. The maximum absolute atomic E-state index is 5.45. The second kappa shape index (κ2) is 6.43. The van der Waals surface area contributed by atoms with Crippen molar-refractivity contribution in [2.45, 2.75) is 38.8 Å². The van der Waals surface area contributed by atoms with Crippen LogP contribution in [0.3, 0.4) is 0 Å². The van der Waals surface area contributed by atoms with Gasteiger partial charge in [0, 0.05) is 32.1 Å². The Morgan fingerprint density at radius 1 is 1.40 bits per heavy atom. The first-order chi connectivity index (χ1) is 9.57. The minimum absolute atomic E-state index is 0.0151. The molecule has 2 rings (SSSR count). The minimum atomic E-state index is 0.0151. The lowest BCUT2D eigenvalue weighted by Gasteiger charge is -2.48. The van der Waals surface area contributed by atoms with Gasteiger partial charge in [0.25, 0.3) is 0 Å². The van der Waals surface area contributed by atoms with Crippen LogP contribution >= 0.6 is 0 Å². The Morgan fingerprint density at radius 2 is 2.10 bits per heavy atom. The molecule has 0 amide bonds. The van der Waals surface area contributed by atoms with Crippen LogP contribution in [0.5, 0.6) is 0 Å². The minimum Gasteiger partial charge on any atom is -0.305 e. The molecule has 0 bridgehead atoms. The first kappa shape index (κ1) is 15.1. The van der Waals surface area contributed by atoms with Gasteiger partial charge in [-0.2, -0.15) is 0 Å². The maximum atomic E-state index is 5.45. The van der Waals surface area contributed by atoms with Gasteiger partial charge < -0.3 is 5.32 Å². The zero-order chi connectivity index (χ0) is 14.6. The molecule has 1 aromatic carbocycles. The van der Waals surface area contributed by atoms with Crippen molar-refractivity contribution in [2.75, 3.05) is 19.6 Å². The molecule has 2 nitrogen and oxygen atoms in total. The molecule has 0 aromatic heterocycles. The number of piperazine rings is 1. The maximum Gasteiger partial charge on any atom is 0.0535 e. The summed E-state index contributed by atoms with van der Waals surface area (Å²) in [4.78, 5) is 2.56. The van der Waals surface area contributed by atoms with Gasteiger partial charge in [0.1, 0.15) is 0 Å². The topological polar surface area (TPSA) is 15.3 Å². The fourth-order valence-corrected chi connectivity index (χ4v) is 3.15. The smallest absolute Gasteiger partial charge is 0.0535 e. The third-order valence-corrected chi connectivity index (χ3v) is 4.41. The van der Waals surface area contributed by atoms with E-state index in [1.54, 1.807) is 0 Å². The third-order valence-electron chi connectivity index (χ3n) is 4.41. The van der Waals surface area contributed by atoms with Crippen LogP contribution in [0.1, 0.15) is 32.8 Å². The third kappa shape index (κ3) is 3.23. The van der Waals surface area contributed by atoms with Gasteiger partial charge in [-0.3, -0.25) is 4.90 Å². The van der Waals surface area contributed by atoms with Crippen molar-refractivity contribution in [1.82, 2.24) is 10.2 Å². The molecule has 1 aliphatic rings. The number of nitrogens with zero attached hydrogens (tertiary/aromatic N) is 1. The van der Waals surface area contributed by atoms with Crippen LogP contribution in [-0.4, -0.2) is 30.6 Å². The van der Waals surface area contributed by atoms with E-state index in [9.17, 15) is 0 Å². The molecular formula is C18H26N2. The van der Waals surface area contributed by atoms with Gasteiger partial charge in [-0.25, -0.2) is 0 Å². The quantitative estimate of drug-likeness (QED) is 0.846. The van der Waals surface area contributed by atoms with Gasteiger partial charge in [-0.1, -0.05) is 44.2 Å². The molecule has 1 aromatic rings. The van der Waals surface area contributed by atoms with E-state index in [1.807, 2.05) is 0 Å². The molecule has 1 aliphatic heterocycles. The van der Waals surface area contributed by atoms with Crippen molar-refractivity contribution in [1.29, 1.82) is 0 Å². The molecule has 0 spiro atoms. The summed E-state index contributed by atoms with van der Waals surface area (Å²) >= 11 is 0. The monoisotopic (exact) mass is 270 g/mol. The van der Waals surface area contributed by atoms with Crippen molar-refractivity contribution in [3.8, 4) is 12.3 Å². The molecule has 0 radical (unpaired) electrons.